The second kappa shape index (κ2) is 46.5. The van der Waals surface area contributed by atoms with Crippen molar-refractivity contribution in [2.75, 3.05) is 41.0 Å². The Morgan fingerprint density at radius 3 is 1.17 bits per heavy atom. The van der Waals surface area contributed by atoms with Crippen LogP contribution in [0.15, 0.2) is 350 Å². The standard InChI is InChI=1S/C22H21N5OS.C20H17N5.C19H19F2N5.C15H12F2N4OS.C15H14N4S.C14H10F2N4S/c1-16-20(15-24-27(16)18-7-5-4-6-8-18)21-13-14-23-22(26-21)25-17-9-11-19(12-10-17)29(2,3)28;1-15-18(14-25(24-15)17-10-6-3-7-11-17)19-12-13-21-20(23-19)22-16-8-4-2-5-9-16;20-14-6-7-18(16(21)10-14)26-12-13(11-23-26)17-8-9-22-19(25-17)24-15-4-2-1-3-5-15;1-23(2,22)15-18-6-5-13(20-15)10-8-19-21(9-10)14-4-3-11(16)7-12(14)17;1-11-13(14-8-9-16-15(17-14)20-2)10-19(18-11)12-6-4-3-5-7-12;1-21-14-17-5-4-12(19-14)9-7-18-20(8-9)13-3-2-10(15)6-11(13)16/h4-15H,2H2,1,3H3,(H,23,25,26);2-14H,1H3,(H,21,22,23);6-12,15H,1-5H2,(H,22,24,25);3-9H,1H2,2H3;3-10H,1-2H3;2-8H,1H3. The Kier molecular flexibility index (Phi) is 32.4. The van der Waals surface area contributed by atoms with Crippen molar-refractivity contribution in [2.45, 2.75) is 79.3 Å². The molecule has 1 aliphatic rings. The van der Waals surface area contributed by atoms with Crippen LogP contribution in [0.5, 0.6) is 0 Å². The van der Waals surface area contributed by atoms with Crippen molar-refractivity contribution in [1.82, 2.24) is 118 Å². The number of halogens is 6. The number of anilines is 5. The van der Waals surface area contributed by atoms with Crippen molar-refractivity contribution >= 4 is 83.5 Å². The summed E-state index contributed by atoms with van der Waals surface area (Å²) in [5, 5.41) is 37.4. The van der Waals surface area contributed by atoms with E-state index in [1.807, 2.05) is 218 Å². The minimum absolute atomic E-state index is 0.114. The predicted octanol–water partition coefficient (Wildman–Crippen LogP) is 21.8. The molecule has 726 valence electrons. The normalized spacial score (nSPS) is 12.5. The van der Waals surface area contributed by atoms with Crippen molar-refractivity contribution in [3.63, 3.8) is 0 Å². The summed E-state index contributed by atoms with van der Waals surface area (Å²) >= 11 is 2.97. The average Bonchev–Trinajstić information content (AvgIpc) is 1.76. The monoisotopic (exact) mass is 2010 g/mol. The highest BCUT2D eigenvalue weighted by Gasteiger charge is 2.21. The van der Waals surface area contributed by atoms with E-state index < -0.39 is 53.9 Å². The molecule has 0 radical (unpaired) electrons. The zero-order chi connectivity index (χ0) is 101. The third-order valence-corrected chi connectivity index (χ3v) is 25.3. The first-order valence-electron chi connectivity index (χ1n) is 44.7. The van der Waals surface area contributed by atoms with Gasteiger partial charge in [-0.15, -0.1) is 0 Å². The molecule has 8 aromatic carbocycles. The van der Waals surface area contributed by atoms with Crippen LogP contribution in [0.2, 0.25) is 0 Å². The lowest BCUT2D eigenvalue weighted by Gasteiger charge is -2.22. The van der Waals surface area contributed by atoms with Gasteiger partial charge in [0.25, 0.3) is 0 Å². The Hall–Kier alpha value is -16.8. The first-order valence-corrected chi connectivity index (χ1v) is 51.4. The maximum Gasteiger partial charge on any atom is 0.227 e. The molecule has 1 aliphatic carbocycles. The summed E-state index contributed by atoms with van der Waals surface area (Å²) < 4.78 is 114. The van der Waals surface area contributed by atoms with Crippen LogP contribution >= 0.6 is 23.5 Å². The SMILES string of the molecule is C=S(C)(=O)c1ccc(Nc2nccc(-c3cnn(-c4ccccc4)c3C)n2)cc1.C=S(C)(=O)c1nccc(-c2cnn(-c3ccc(F)cc3F)c2)n1.CSc1nccc(-c2cn(-c3ccccc3)nc2C)n1.CSc1nccc(-c2cnn(-c3ccc(F)cc3F)c2)n1.Cc1nn(-c2ccccc2)cc1-c1ccnc(Nc2ccccc2)n1.Fc1ccc(-n2cc(-c3ccnc(NC4CCCCC4)n3)cn2)c(F)c1. The summed E-state index contributed by atoms with van der Waals surface area (Å²) in [6.07, 6.45) is 38.4. The Morgan fingerprint density at radius 1 is 0.361 bits per heavy atom. The zero-order valence-electron chi connectivity index (χ0n) is 78.7. The molecule has 2 unspecified atom stereocenters. The van der Waals surface area contributed by atoms with E-state index >= 15 is 0 Å². The van der Waals surface area contributed by atoms with Crippen LogP contribution in [-0.2, 0) is 19.0 Å². The maximum atomic E-state index is 13.9. The second-order valence-corrected chi connectivity index (χ2v) is 38.9. The lowest BCUT2D eigenvalue weighted by molar-refractivity contribution is 0.461. The summed E-state index contributed by atoms with van der Waals surface area (Å²) in [6.45, 7) is 6.00. The van der Waals surface area contributed by atoms with Crippen LogP contribution in [0.1, 0.15) is 49.2 Å². The number of benzene rings is 8. The highest BCUT2D eigenvalue weighted by atomic mass is 32.2. The quantitative estimate of drug-likeness (QED) is 0.0246. The topological polar surface area (TPSA) is 332 Å². The molecule has 0 amide bonds. The van der Waals surface area contributed by atoms with E-state index in [0.717, 1.165) is 133 Å². The van der Waals surface area contributed by atoms with E-state index in [0.29, 0.717) is 56.6 Å². The lowest BCUT2D eigenvalue weighted by atomic mass is 9.96. The first kappa shape index (κ1) is 100. The van der Waals surface area contributed by atoms with Crippen LogP contribution in [0.25, 0.3) is 102 Å². The summed E-state index contributed by atoms with van der Waals surface area (Å²) in [7, 11) is -4.77. The molecule has 12 aromatic heterocycles. The number of hydrogen-bond acceptors (Lipinski definition) is 25. The Morgan fingerprint density at radius 2 is 0.736 bits per heavy atom. The smallest absolute Gasteiger partial charge is 0.227 e. The molecule has 0 saturated heterocycles. The number of para-hydroxylation sites is 4. The molecule has 0 aliphatic heterocycles. The molecule has 20 aromatic rings. The van der Waals surface area contributed by atoms with Crippen molar-refractivity contribution in [2.24, 2.45) is 0 Å². The van der Waals surface area contributed by atoms with E-state index in [1.54, 1.807) is 98.6 Å². The van der Waals surface area contributed by atoms with Gasteiger partial charge in [0, 0.05) is 164 Å². The molecule has 144 heavy (non-hydrogen) atoms. The van der Waals surface area contributed by atoms with E-state index in [9.17, 15) is 34.8 Å². The fourth-order valence-electron chi connectivity index (χ4n) is 14.8. The number of aromatic nitrogens is 24. The van der Waals surface area contributed by atoms with Gasteiger partial charge in [-0.1, -0.05) is 116 Å². The summed E-state index contributed by atoms with van der Waals surface area (Å²) in [5.41, 5.74) is 17.6. The van der Waals surface area contributed by atoms with Crippen LogP contribution in [0.3, 0.4) is 0 Å². The molecule has 0 spiro atoms. The van der Waals surface area contributed by atoms with Gasteiger partial charge in [-0.05, 0) is 213 Å². The molecule has 2 atom stereocenters. The molecule has 21 rings (SSSR count). The predicted molar refractivity (Wildman–Crippen MR) is 554 cm³/mol. The van der Waals surface area contributed by atoms with Gasteiger partial charge in [0.05, 0.1) is 93.1 Å². The molecule has 1 fully saturated rings. The number of nitrogens with zero attached hydrogens (tertiary/aromatic N) is 24. The van der Waals surface area contributed by atoms with Crippen molar-refractivity contribution < 1.29 is 34.8 Å². The van der Waals surface area contributed by atoms with E-state index in [4.69, 9.17) is 0 Å². The van der Waals surface area contributed by atoms with E-state index in [-0.39, 0.29) is 22.2 Å². The largest absolute Gasteiger partial charge is 0.351 e. The molecule has 12 heterocycles. The number of nitrogens with one attached hydrogen (secondary N) is 3. The van der Waals surface area contributed by atoms with Crippen molar-refractivity contribution in [1.29, 1.82) is 0 Å². The fraction of sp³-hybridized carbons (Fsp3) is 0.124. The van der Waals surface area contributed by atoms with Gasteiger partial charge in [-0.2, -0.15) is 30.6 Å². The van der Waals surface area contributed by atoms with Crippen LogP contribution < -0.4 is 16.0 Å². The number of hydrogen-bond donors (Lipinski definition) is 3. The first-order chi connectivity index (χ1) is 69.7. The minimum atomic E-state index is -2.54. The van der Waals surface area contributed by atoms with E-state index in [2.05, 4.69) is 118 Å². The van der Waals surface area contributed by atoms with Crippen molar-refractivity contribution in [3.8, 4) is 102 Å². The van der Waals surface area contributed by atoms with E-state index in [1.165, 1.54) is 106 Å². The van der Waals surface area contributed by atoms with Gasteiger partial charge in [0.2, 0.25) is 23.0 Å². The highest BCUT2D eigenvalue weighted by Crippen LogP contribution is 2.32. The molecule has 1 saturated carbocycles. The van der Waals surface area contributed by atoms with Crippen LogP contribution in [0, 0.1) is 55.7 Å². The third-order valence-electron chi connectivity index (χ3n) is 22.0. The highest BCUT2D eigenvalue weighted by molar-refractivity contribution is 8.00. The summed E-state index contributed by atoms with van der Waals surface area (Å²) in [6, 6.07) is 68.5. The number of thioether (sulfide) groups is 2. The van der Waals surface area contributed by atoms with Crippen LogP contribution in [-0.4, -0.2) is 170 Å². The van der Waals surface area contributed by atoms with Gasteiger partial charge < -0.3 is 16.0 Å². The average molecular weight is 2010 g/mol. The summed E-state index contributed by atoms with van der Waals surface area (Å²) in [4.78, 5) is 52.8. The van der Waals surface area contributed by atoms with Crippen LogP contribution in [0.4, 0.5) is 55.6 Å². The molecule has 39 heteroatoms. The Labute approximate surface area is 834 Å². The molecule has 29 nitrogen and oxygen atoms in total. The molecule has 0 bridgehead atoms. The third kappa shape index (κ3) is 26.1. The minimum Gasteiger partial charge on any atom is -0.351 e. The lowest BCUT2D eigenvalue weighted by Crippen LogP contribution is -2.23. The van der Waals surface area contributed by atoms with Gasteiger partial charge >= 0.3 is 0 Å². The van der Waals surface area contributed by atoms with Crippen molar-refractivity contribution in [3.05, 3.63) is 382 Å². The Bertz CT molecular complexity index is 8040. The van der Waals surface area contributed by atoms with Gasteiger partial charge in [-0.3, -0.25) is 8.42 Å². The number of aryl methyl sites for hydroxylation is 2. The van der Waals surface area contributed by atoms with Gasteiger partial charge in [0.1, 0.15) is 34.5 Å². The fourth-order valence-corrected chi connectivity index (χ4v) is 16.8. The molecular weight excluding hydrogens is 1910 g/mol. The maximum absolute atomic E-state index is 13.9. The van der Waals surface area contributed by atoms with Gasteiger partial charge in [-0.25, -0.2) is 114 Å². The molecule has 3 N–H and O–H groups in total. The molecular formula is C105H93F6N27O2S4. The number of rotatable bonds is 22. The second-order valence-electron chi connectivity index (χ2n) is 32.5. The van der Waals surface area contributed by atoms with Gasteiger partial charge in [0.15, 0.2) is 27.8 Å². The Balaban J connectivity index is 0.000000124. The zero-order valence-corrected chi connectivity index (χ0v) is 81.9. The summed E-state index contributed by atoms with van der Waals surface area (Å²) in [5.74, 6) is 4.93.